The summed E-state index contributed by atoms with van der Waals surface area (Å²) in [7, 11) is -3.69. The zero-order valence-electron chi connectivity index (χ0n) is 9.41. The van der Waals surface area contributed by atoms with Crippen molar-refractivity contribution in [3.8, 4) is 0 Å². The normalized spacial score (nSPS) is 11.4. The fourth-order valence-electron chi connectivity index (χ4n) is 1.37. The highest BCUT2D eigenvalue weighted by molar-refractivity contribution is 9.11. The molecular formula is C11H8BrNO4S2. The van der Waals surface area contributed by atoms with Crippen molar-refractivity contribution in [1.29, 1.82) is 0 Å². The lowest BCUT2D eigenvalue weighted by atomic mass is 10.2. The second kappa shape index (κ2) is 4.95. The fourth-order valence-corrected chi connectivity index (χ4v) is 4.68. The van der Waals surface area contributed by atoms with Crippen LogP contribution in [0.15, 0.2) is 45.2 Å². The Morgan fingerprint density at radius 2 is 2.05 bits per heavy atom. The summed E-state index contributed by atoms with van der Waals surface area (Å²) in [4.78, 5) is 10.8. The first-order chi connectivity index (χ1) is 8.82. The molecule has 0 bridgehead atoms. The zero-order valence-corrected chi connectivity index (χ0v) is 12.6. The quantitative estimate of drug-likeness (QED) is 0.849. The van der Waals surface area contributed by atoms with Crippen LogP contribution in [0.2, 0.25) is 0 Å². The van der Waals surface area contributed by atoms with Gasteiger partial charge in [-0.25, -0.2) is 8.77 Å². The predicted octanol–water partition coefficient (Wildman–Crippen LogP) is 2.65. The maximum absolute atomic E-state index is 12.2. The Labute approximate surface area is 122 Å². The van der Waals surface area contributed by atoms with Crippen LogP contribution >= 0.6 is 27.3 Å². The van der Waals surface area contributed by atoms with Gasteiger partial charge in [-0.15, -0.1) is 11.3 Å². The Kier molecular flexibility index (Phi) is 3.66. The van der Waals surface area contributed by atoms with E-state index in [0.717, 1.165) is 15.3 Å². The highest BCUT2D eigenvalue weighted by Crippen LogP contribution is 2.28. The average molecular weight is 362 g/mol. The molecule has 0 unspecified atom stereocenters. The number of nitrogens with zero attached hydrogens (tertiary/aromatic N) is 1. The Balaban J connectivity index is 2.43. The van der Waals surface area contributed by atoms with E-state index in [1.54, 1.807) is 6.07 Å². The molecule has 0 radical (unpaired) electrons. The van der Waals surface area contributed by atoms with Crippen molar-refractivity contribution in [3.63, 3.8) is 0 Å². The van der Waals surface area contributed by atoms with Crippen molar-refractivity contribution in [2.45, 2.75) is 4.21 Å². The van der Waals surface area contributed by atoms with Crippen LogP contribution in [0.1, 0.15) is 5.56 Å². The van der Waals surface area contributed by atoms with Crippen molar-refractivity contribution in [1.82, 2.24) is 3.97 Å². The SMILES string of the molecule is C=C(C(=O)O)c1ccn(S(=O)(=O)c2ccc(Br)s2)c1. The molecule has 5 nitrogen and oxygen atoms in total. The van der Waals surface area contributed by atoms with E-state index in [4.69, 9.17) is 5.11 Å². The summed E-state index contributed by atoms with van der Waals surface area (Å²) in [6.07, 6.45) is 2.53. The zero-order chi connectivity index (χ0) is 14.2. The molecule has 0 amide bonds. The van der Waals surface area contributed by atoms with Crippen LogP contribution < -0.4 is 0 Å². The predicted molar refractivity (Wildman–Crippen MR) is 75.7 cm³/mol. The van der Waals surface area contributed by atoms with Gasteiger partial charge in [0.25, 0.3) is 10.0 Å². The third-order valence-corrected chi connectivity index (χ3v) is 6.08. The van der Waals surface area contributed by atoms with Gasteiger partial charge in [0, 0.05) is 18.0 Å². The smallest absolute Gasteiger partial charge is 0.335 e. The highest BCUT2D eigenvalue weighted by atomic mass is 79.9. The summed E-state index contributed by atoms with van der Waals surface area (Å²) in [5.74, 6) is -1.19. The molecule has 19 heavy (non-hydrogen) atoms. The minimum Gasteiger partial charge on any atom is -0.478 e. The minimum absolute atomic E-state index is 0.152. The number of carbonyl (C=O) groups is 1. The number of carboxylic acid groups (broad SMARTS) is 1. The Bertz CT molecular complexity index is 757. The molecule has 8 heteroatoms. The van der Waals surface area contributed by atoms with Crippen molar-refractivity contribution < 1.29 is 18.3 Å². The van der Waals surface area contributed by atoms with Crippen LogP contribution in [0.3, 0.4) is 0 Å². The maximum atomic E-state index is 12.2. The van der Waals surface area contributed by atoms with Gasteiger partial charge in [-0.3, -0.25) is 0 Å². The lowest BCUT2D eigenvalue weighted by Gasteiger charge is -2.02. The topological polar surface area (TPSA) is 76.4 Å². The van der Waals surface area contributed by atoms with E-state index < -0.39 is 16.0 Å². The lowest BCUT2D eigenvalue weighted by molar-refractivity contribution is -0.130. The van der Waals surface area contributed by atoms with Crippen LogP contribution in [-0.2, 0) is 14.8 Å². The monoisotopic (exact) mass is 361 g/mol. The van der Waals surface area contributed by atoms with Gasteiger partial charge >= 0.3 is 5.97 Å². The summed E-state index contributed by atoms with van der Waals surface area (Å²) < 4.78 is 26.3. The fraction of sp³-hybridized carbons (Fsp3) is 0. The molecule has 1 N–H and O–H groups in total. The second-order valence-electron chi connectivity index (χ2n) is 3.58. The maximum Gasteiger partial charge on any atom is 0.335 e. The minimum atomic E-state index is -3.69. The number of rotatable bonds is 4. The number of aliphatic carboxylic acids is 1. The summed E-state index contributed by atoms with van der Waals surface area (Å²) in [5, 5.41) is 8.81. The number of thiophene rings is 1. The van der Waals surface area contributed by atoms with Crippen LogP contribution in [0.4, 0.5) is 0 Å². The van der Waals surface area contributed by atoms with E-state index in [2.05, 4.69) is 22.5 Å². The molecule has 0 spiro atoms. The third kappa shape index (κ3) is 2.65. The molecule has 2 rings (SSSR count). The molecule has 0 fully saturated rings. The first-order valence-corrected chi connectivity index (χ1v) is 7.99. The van der Waals surface area contributed by atoms with Crippen LogP contribution in [0, 0.1) is 0 Å². The molecule has 0 saturated heterocycles. The first kappa shape index (κ1) is 14.0. The molecule has 0 aliphatic heterocycles. The van der Waals surface area contributed by atoms with E-state index in [1.807, 2.05) is 0 Å². The number of carboxylic acids is 1. The van der Waals surface area contributed by atoms with Crippen LogP contribution in [-0.4, -0.2) is 23.5 Å². The third-order valence-electron chi connectivity index (χ3n) is 2.35. The summed E-state index contributed by atoms with van der Waals surface area (Å²) in [6.45, 7) is 3.38. The highest BCUT2D eigenvalue weighted by Gasteiger charge is 2.20. The molecule has 0 aliphatic carbocycles. The van der Waals surface area contributed by atoms with E-state index in [-0.39, 0.29) is 15.3 Å². The van der Waals surface area contributed by atoms with Crippen LogP contribution in [0.5, 0.6) is 0 Å². The molecule has 2 heterocycles. The molecule has 2 aromatic heterocycles. The van der Waals surface area contributed by atoms with E-state index in [1.165, 1.54) is 24.5 Å². The van der Waals surface area contributed by atoms with Gasteiger partial charge in [0.2, 0.25) is 0 Å². The van der Waals surface area contributed by atoms with Crippen molar-refractivity contribution >= 4 is 48.8 Å². The molecular weight excluding hydrogens is 354 g/mol. The van der Waals surface area contributed by atoms with E-state index in [0.29, 0.717) is 3.79 Å². The van der Waals surface area contributed by atoms with Gasteiger partial charge < -0.3 is 5.11 Å². The number of halogens is 1. The average Bonchev–Trinajstić information content (AvgIpc) is 2.96. The summed E-state index contributed by atoms with van der Waals surface area (Å²) in [5.41, 5.74) is 0.105. The second-order valence-corrected chi connectivity index (χ2v) is 8.11. The molecule has 2 aromatic rings. The summed E-state index contributed by atoms with van der Waals surface area (Å²) >= 11 is 4.28. The van der Waals surface area contributed by atoms with Crippen molar-refractivity contribution in [2.75, 3.05) is 0 Å². The summed E-state index contributed by atoms with van der Waals surface area (Å²) in [6, 6.07) is 4.52. The van der Waals surface area contributed by atoms with Gasteiger partial charge in [0.05, 0.1) is 9.36 Å². The molecule has 100 valence electrons. The van der Waals surface area contributed by atoms with Gasteiger partial charge in [-0.05, 0) is 34.1 Å². The Hall–Kier alpha value is -1.38. The Morgan fingerprint density at radius 1 is 1.37 bits per heavy atom. The van der Waals surface area contributed by atoms with E-state index >= 15 is 0 Å². The van der Waals surface area contributed by atoms with E-state index in [9.17, 15) is 13.2 Å². The van der Waals surface area contributed by atoms with Gasteiger partial charge in [-0.2, -0.15) is 8.42 Å². The van der Waals surface area contributed by atoms with Crippen LogP contribution in [0.25, 0.3) is 5.57 Å². The molecule has 0 atom stereocenters. The van der Waals surface area contributed by atoms with Gasteiger partial charge in [0.15, 0.2) is 0 Å². The number of hydrogen-bond donors (Lipinski definition) is 1. The number of hydrogen-bond acceptors (Lipinski definition) is 4. The molecule has 0 saturated carbocycles. The molecule has 0 aliphatic rings. The van der Waals surface area contributed by atoms with Gasteiger partial charge in [0.1, 0.15) is 4.21 Å². The molecule has 0 aromatic carbocycles. The van der Waals surface area contributed by atoms with Crippen molar-refractivity contribution in [2.24, 2.45) is 0 Å². The van der Waals surface area contributed by atoms with Gasteiger partial charge in [-0.1, -0.05) is 6.58 Å². The first-order valence-electron chi connectivity index (χ1n) is 4.94. The largest absolute Gasteiger partial charge is 0.478 e. The number of aromatic nitrogens is 1. The lowest BCUT2D eigenvalue weighted by Crippen LogP contribution is -2.09. The Morgan fingerprint density at radius 3 is 2.58 bits per heavy atom. The standard InChI is InChI=1S/C11H8BrNO4S2/c1-7(11(14)15)8-4-5-13(6-8)19(16,17)10-3-2-9(12)18-10/h2-6H,1H2,(H,14,15). The van der Waals surface area contributed by atoms with Crippen molar-refractivity contribution in [3.05, 3.63) is 46.5 Å².